The lowest BCUT2D eigenvalue weighted by Gasteiger charge is -2.25. The Kier molecular flexibility index (Phi) is 7.20. The van der Waals surface area contributed by atoms with Crippen LogP contribution in [0.1, 0.15) is 63.0 Å². The van der Waals surface area contributed by atoms with Gasteiger partial charge < -0.3 is 10.6 Å². The second kappa shape index (κ2) is 8.65. The molecule has 0 fully saturated rings. The molecule has 1 aromatic heterocycles. The summed E-state index contributed by atoms with van der Waals surface area (Å²) in [6, 6.07) is 3.58. The highest BCUT2D eigenvalue weighted by atomic mass is 16.2. The molecule has 21 heavy (non-hydrogen) atoms. The van der Waals surface area contributed by atoms with Crippen LogP contribution >= 0.6 is 0 Å². The standard InChI is InChI=1S/C17H29N3O/c1-5-9-15-10-14(11-16(18)19-15)17(21)20(8-4)12-13(6-2)7-3/h10-11,13H,5-9,12H2,1-4H3,(H2,18,19). The van der Waals surface area contributed by atoms with Crippen molar-refractivity contribution in [3.8, 4) is 0 Å². The van der Waals surface area contributed by atoms with E-state index in [0.29, 0.717) is 17.3 Å². The molecule has 1 rings (SSSR count). The summed E-state index contributed by atoms with van der Waals surface area (Å²) in [5, 5.41) is 0. The lowest BCUT2D eigenvalue weighted by Crippen LogP contribution is -2.35. The van der Waals surface area contributed by atoms with Gasteiger partial charge in [-0.05, 0) is 31.4 Å². The van der Waals surface area contributed by atoms with E-state index in [-0.39, 0.29) is 5.91 Å². The molecule has 0 spiro atoms. The zero-order valence-electron chi connectivity index (χ0n) is 13.9. The van der Waals surface area contributed by atoms with Crippen molar-refractivity contribution in [1.29, 1.82) is 0 Å². The number of anilines is 1. The van der Waals surface area contributed by atoms with Crippen LogP contribution in [0.4, 0.5) is 5.82 Å². The van der Waals surface area contributed by atoms with Crippen molar-refractivity contribution in [2.24, 2.45) is 5.92 Å². The first-order valence-electron chi connectivity index (χ1n) is 8.11. The third-order valence-corrected chi connectivity index (χ3v) is 3.95. The van der Waals surface area contributed by atoms with Crippen LogP contribution in [0.2, 0.25) is 0 Å². The highest BCUT2D eigenvalue weighted by Crippen LogP contribution is 2.15. The number of pyridine rings is 1. The van der Waals surface area contributed by atoms with Crippen LogP contribution in [0.15, 0.2) is 12.1 Å². The van der Waals surface area contributed by atoms with Gasteiger partial charge in [-0.2, -0.15) is 0 Å². The monoisotopic (exact) mass is 291 g/mol. The summed E-state index contributed by atoms with van der Waals surface area (Å²) in [6.45, 7) is 10.0. The maximum atomic E-state index is 12.7. The van der Waals surface area contributed by atoms with Crippen LogP contribution in [-0.2, 0) is 6.42 Å². The van der Waals surface area contributed by atoms with E-state index in [2.05, 4.69) is 25.8 Å². The van der Waals surface area contributed by atoms with Crippen LogP contribution in [0.25, 0.3) is 0 Å². The Labute approximate surface area is 128 Å². The summed E-state index contributed by atoms with van der Waals surface area (Å²) in [4.78, 5) is 18.9. The number of hydrogen-bond acceptors (Lipinski definition) is 3. The lowest BCUT2D eigenvalue weighted by molar-refractivity contribution is 0.0734. The van der Waals surface area contributed by atoms with Crippen LogP contribution < -0.4 is 5.73 Å². The van der Waals surface area contributed by atoms with Crippen LogP contribution in [0.3, 0.4) is 0 Å². The maximum absolute atomic E-state index is 12.7. The molecule has 0 saturated heterocycles. The van der Waals surface area contributed by atoms with E-state index in [1.165, 1.54) is 0 Å². The zero-order valence-corrected chi connectivity index (χ0v) is 13.9. The fraction of sp³-hybridized carbons (Fsp3) is 0.647. The van der Waals surface area contributed by atoms with Crippen molar-refractivity contribution in [2.75, 3.05) is 18.8 Å². The van der Waals surface area contributed by atoms with Gasteiger partial charge in [0.15, 0.2) is 0 Å². The van der Waals surface area contributed by atoms with Crippen molar-refractivity contribution < 1.29 is 4.79 Å². The van der Waals surface area contributed by atoms with Gasteiger partial charge in [-0.1, -0.05) is 40.0 Å². The first-order chi connectivity index (χ1) is 10.0. The minimum atomic E-state index is 0.0656. The van der Waals surface area contributed by atoms with Crippen LogP contribution in [0.5, 0.6) is 0 Å². The molecule has 0 aromatic carbocycles. The van der Waals surface area contributed by atoms with E-state index in [0.717, 1.165) is 44.5 Å². The number of nitrogen functional groups attached to an aromatic ring is 1. The molecule has 4 nitrogen and oxygen atoms in total. The Bertz CT molecular complexity index is 455. The van der Waals surface area contributed by atoms with Gasteiger partial charge in [-0.25, -0.2) is 4.98 Å². The molecule has 0 aliphatic carbocycles. The molecular weight excluding hydrogens is 262 g/mol. The van der Waals surface area contributed by atoms with E-state index >= 15 is 0 Å². The second-order valence-corrected chi connectivity index (χ2v) is 5.55. The normalized spacial score (nSPS) is 10.9. The molecule has 4 heteroatoms. The number of amides is 1. The first kappa shape index (κ1) is 17.5. The largest absolute Gasteiger partial charge is 0.384 e. The number of aromatic nitrogens is 1. The fourth-order valence-corrected chi connectivity index (χ4v) is 2.52. The highest BCUT2D eigenvalue weighted by molar-refractivity contribution is 5.95. The number of carbonyl (C=O) groups excluding carboxylic acids is 1. The predicted molar refractivity (Wildman–Crippen MR) is 88.3 cm³/mol. The summed E-state index contributed by atoms with van der Waals surface area (Å²) in [5.41, 5.74) is 7.41. The average molecular weight is 291 g/mol. The molecule has 2 N–H and O–H groups in total. The third kappa shape index (κ3) is 5.03. The predicted octanol–water partition coefficient (Wildman–Crippen LogP) is 3.51. The van der Waals surface area contributed by atoms with Gasteiger partial charge in [-0.15, -0.1) is 0 Å². The summed E-state index contributed by atoms with van der Waals surface area (Å²) >= 11 is 0. The molecule has 0 bridgehead atoms. The Balaban J connectivity index is 2.93. The van der Waals surface area contributed by atoms with E-state index in [1.807, 2.05) is 17.9 Å². The number of hydrogen-bond donors (Lipinski definition) is 1. The number of nitrogens with two attached hydrogens (primary N) is 1. The number of rotatable bonds is 8. The summed E-state index contributed by atoms with van der Waals surface area (Å²) < 4.78 is 0. The minimum absolute atomic E-state index is 0.0656. The molecule has 0 unspecified atom stereocenters. The lowest BCUT2D eigenvalue weighted by atomic mass is 10.0. The van der Waals surface area contributed by atoms with Gasteiger partial charge in [0.2, 0.25) is 0 Å². The molecule has 1 aromatic rings. The fourth-order valence-electron chi connectivity index (χ4n) is 2.52. The third-order valence-electron chi connectivity index (χ3n) is 3.95. The molecule has 0 atom stereocenters. The molecular formula is C17H29N3O. The number of aryl methyl sites for hydroxylation is 1. The molecule has 0 radical (unpaired) electrons. The van der Waals surface area contributed by atoms with Gasteiger partial charge in [-0.3, -0.25) is 4.79 Å². The number of carbonyl (C=O) groups is 1. The molecule has 118 valence electrons. The smallest absolute Gasteiger partial charge is 0.254 e. The summed E-state index contributed by atoms with van der Waals surface area (Å²) in [5.74, 6) is 1.06. The summed E-state index contributed by atoms with van der Waals surface area (Å²) in [7, 11) is 0. The molecule has 0 aliphatic heterocycles. The second-order valence-electron chi connectivity index (χ2n) is 5.55. The van der Waals surface area contributed by atoms with E-state index < -0.39 is 0 Å². The van der Waals surface area contributed by atoms with Gasteiger partial charge in [0, 0.05) is 24.3 Å². The quantitative estimate of drug-likeness (QED) is 0.797. The zero-order chi connectivity index (χ0) is 15.8. The molecule has 0 saturated carbocycles. The minimum Gasteiger partial charge on any atom is -0.384 e. The van der Waals surface area contributed by atoms with Crippen molar-refractivity contribution in [1.82, 2.24) is 9.88 Å². The molecule has 0 aliphatic rings. The van der Waals surface area contributed by atoms with Gasteiger partial charge in [0.1, 0.15) is 5.82 Å². The topological polar surface area (TPSA) is 59.2 Å². The van der Waals surface area contributed by atoms with E-state index in [1.54, 1.807) is 6.07 Å². The highest BCUT2D eigenvalue weighted by Gasteiger charge is 2.18. The van der Waals surface area contributed by atoms with Gasteiger partial charge in [0.25, 0.3) is 5.91 Å². The SMILES string of the molecule is CCCc1cc(C(=O)N(CC)CC(CC)CC)cc(N)n1. The van der Waals surface area contributed by atoms with Crippen LogP contribution in [-0.4, -0.2) is 28.9 Å². The molecule has 1 amide bonds. The Hall–Kier alpha value is -1.58. The van der Waals surface area contributed by atoms with E-state index in [9.17, 15) is 4.79 Å². The maximum Gasteiger partial charge on any atom is 0.254 e. The van der Waals surface area contributed by atoms with Crippen LogP contribution in [0, 0.1) is 5.92 Å². The van der Waals surface area contributed by atoms with E-state index in [4.69, 9.17) is 5.73 Å². The first-order valence-corrected chi connectivity index (χ1v) is 8.11. The molecule has 1 heterocycles. The average Bonchev–Trinajstić information content (AvgIpc) is 2.48. The van der Waals surface area contributed by atoms with Gasteiger partial charge in [0.05, 0.1) is 0 Å². The van der Waals surface area contributed by atoms with Crippen molar-refractivity contribution in [3.63, 3.8) is 0 Å². The number of nitrogens with zero attached hydrogens (tertiary/aromatic N) is 2. The van der Waals surface area contributed by atoms with Crippen molar-refractivity contribution in [2.45, 2.75) is 53.4 Å². The summed E-state index contributed by atoms with van der Waals surface area (Å²) in [6.07, 6.45) is 4.04. The Morgan fingerprint density at radius 1 is 1.24 bits per heavy atom. The van der Waals surface area contributed by atoms with Crippen molar-refractivity contribution >= 4 is 11.7 Å². The van der Waals surface area contributed by atoms with Gasteiger partial charge >= 0.3 is 0 Å². The Morgan fingerprint density at radius 2 is 1.90 bits per heavy atom. The Morgan fingerprint density at radius 3 is 2.43 bits per heavy atom. The van der Waals surface area contributed by atoms with Crippen molar-refractivity contribution in [3.05, 3.63) is 23.4 Å².